The predicted molar refractivity (Wildman–Crippen MR) is 132 cm³/mol. The highest BCUT2D eigenvalue weighted by Gasteiger charge is 2.26. The number of halogens is 1. The molecule has 1 aliphatic rings. The maximum Gasteiger partial charge on any atom is 0.211 e. The Morgan fingerprint density at radius 1 is 1.09 bits per heavy atom. The number of benzene rings is 1. The lowest BCUT2D eigenvalue weighted by molar-refractivity contribution is 0.249. The largest absolute Gasteiger partial charge is 0.342 e. The molecule has 8 heteroatoms. The SMILES string of the molecule is [C-]#[N+]c1ccc(-c2nc(N3CCC(N(C)C)CC3)n3ccnc3c2-c2cnc(C)c(F)c2)cc1. The third-order valence-corrected chi connectivity index (χ3v) is 6.59. The van der Waals surface area contributed by atoms with Crippen LogP contribution in [0.3, 0.4) is 0 Å². The molecule has 0 radical (unpaired) electrons. The van der Waals surface area contributed by atoms with Gasteiger partial charge in [0.1, 0.15) is 11.5 Å². The van der Waals surface area contributed by atoms with Crippen LogP contribution in [0.4, 0.5) is 16.0 Å². The van der Waals surface area contributed by atoms with Crippen LogP contribution < -0.4 is 4.90 Å². The molecule has 0 unspecified atom stereocenters. The summed E-state index contributed by atoms with van der Waals surface area (Å²) in [6.45, 7) is 10.7. The van der Waals surface area contributed by atoms with Crippen molar-refractivity contribution in [3.8, 4) is 22.4 Å². The van der Waals surface area contributed by atoms with E-state index >= 15 is 0 Å². The normalized spacial score (nSPS) is 14.6. The van der Waals surface area contributed by atoms with Crippen molar-refractivity contribution in [2.24, 2.45) is 0 Å². The van der Waals surface area contributed by atoms with Crippen molar-refractivity contribution in [1.82, 2.24) is 24.3 Å². The van der Waals surface area contributed by atoms with E-state index in [-0.39, 0.29) is 5.82 Å². The first-order chi connectivity index (χ1) is 16.5. The second-order valence-electron chi connectivity index (χ2n) is 8.89. The molecule has 34 heavy (non-hydrogen) atoms. The van der Waals surface area contributed by atoms with Crippen molar-refractivity contribution in [2.45, 2.75) is 25.8 Å². The molecule has 1 fully saturated rings. The number of aryl methyl sites for hydroxylation is 1. The van der Waals surface area contributed by atoms with E-state index in [1.54, 1.807) is 31.5 Å². The molecular formula is C26H26FN7. The van der Waals surface area contributed by atoms with Gasteiger partial charge in [0.2, 0.25) is 5.95 Å². The number of anilines is 1. The van der Waals surface area contributed by atoms with E-state index < -0.39 is 0 Å². The number of hydrogen-bond donors (Lipinski definition) is 0. The van der Waals surface area contributed by atoms with Gasteiger partial charge in [0, 0.05) is 43.3 Å². The van der Waals surface area contributed by atoms with Gasteiger partial charge in [-0.25, -0.2) is 19.2 Å². The summed E-state index contributed by atoms with van der Waals surface area (Å²) >= 11 is 0. The topological polar surface area (TPSA) is 53.9 Å². The Labute approximate surface area is 198 Å². The molecule has 5 rings (SSSR count). The van der Waals surface area contributed by atoms with E-state index in [0.29, 0.717) is 34.3 Å². The summed E-state index contributed by atoms with van der Waals surface area (Å²) in [6.07, 6.45) is 7.43. The summed E-state index contributed by atoms with van der Waals surface area (Å²) in [5, 5.41) is 0. The van der Waals surface area contributed by atoms with Crippen LogP contribution >= 0.6 is 0 Å². The molecule has 7 nitrogen and oxygen atoms in total. The zero-order chi connectivity index (χ0) is 23.8. The minimum Gasteiger partial charge on any atom is -0.342 e. The first-order valence-corrected chi connectivity index (χ1v) is 11.3. The first-order valence-electron chi connectivity index (χ1n) is 11.3. The molecule has 1 saturated heterocycles. The molecule has 1 aromatic carbocycles. The summed E-state index contributed by atoms with van der Waals surface area (Å²) in [7, 11) is 4.25. The maximum absolute atomic E-state index is 14.5. The highest BCUT2D eigenvalue weighted by molar-refractivity contribution is 5.91. The van der Waals surface area contributed by atoms with E-state index in [1.165, 1.54) is 6.07 Å². The van der Waals surface area contributed by atoms with Crippen LogP contribution in [0.1, 0.15) is 18.5 Å². The van der Waals surface area contributed by atoms with Gasteiger partial charge in [-0.1, -0.05) is 24.3 Å². The van der Waals surface area contributed by atoms with Crippen molar-refractivity contribution >= 4 is 17.3 Å². The lowest BCUT2D eigenvalue weighted by Gasteiger charge is -2.36. The number of hydrogen-bond acceptors (Lipinski definition) is 5. The molecule has 0 spiro atoms. The van der Waals surface area contributed by atoms with Crippen molar-refractivity contribution in [1.29, 1.82) is 0 Å². The average Bonchev–Trinajstić information content (AvgIpc) is 3.35. The fraction of sp³-hybridized carbons (Fsp3) is 0.308. The van der Waals surface area contributed by atoms with Crippen LogP contribution in [-0.4, -0.2) is 57.5 Å². The number of nitrogens with zero attached hydrogens (tertiary/aromatic N) is 7. The summed E-state index contributed by atoms with van der Waals surface area (Å²) in [4.78, 5) is 22.1. The average molecular weight is 456 g/mol. The quantitative estimate of drug-likeness (QED) is 0.406. The number of fused-ring (bicyclic) bond motifs is 1. The number of aromatic nitrogens is 4. The molecule has 0 bridgehead atoms. The van der Waals surface area contributed by atoms with Gasteiger partial charge in [-0.2, -0.15) is 0 Å². The van der Waals surface area contributed by atoms with Crippen molar-refractivity contribution in [3.63, 3.8) is 0 Å². The van der Waals surface area contributed by atoms with Gasteiger partial charge < -0.3 is 9.80 Å². The Bertz CT molecular complexity index is 1380. The van der Waals surface area contributed by atoms with Gasteiger partial charge in [0.25, 0.3) is 0 Å². The highest BCUT2D eigenvalue weighted by Crippen LogP contribution is 2.37. The fourth-order valence-electron chi connectivity index (χ4n) is 4.58. The molecule has 1 aliphatic heterocycles. The summed E-state index contributed by atoms with van der Waals surface area (Å²) in [5.41, 5.74) is 4.49. The van der Waals surface area contributed by atoms with Crippen LogP contribution in [-0.2, 0) is 0 Å². The number of pyridine rings is 1. The van der Waals surface area contributed by atoms with Crippen LogP contribution in [0.15, 0.2) is 48.9 Å². The van der Waals surface area contributed by atoms with E-state index in [2.05, 4.69) is 38.7 Å². The van der Waals surface area contributed by atoms with Crippen LogP contribution in [0, 0.1) is 19.3 Å². The van der Waals surface area contributed by atoms with Gasteiger partial charge in [-0.05, 0) is 45.5 Å². The lowest BCUT2D eigenvalue weighted by atomic mass is 10.0. The van der Waals surface area contributed by atoms with E-state index in [4.69, 9.17) is 11.6 Å². The molecule has 172 valence electrons. The third kappa shape index (κ3) is 3.88. The van der Waals surface area contributed by atoms with E-state index in [0.717, 1.165) is 43.0 Å². The smallest absolute Gasteiger partial charge is 0.211 e. The number of piperidine rings is 1. The Kier molecular flexibility index (Phi) is 5.72. The highest BCUT2D eigenvalue weighted by atomic mass is 19.1. The first kappa shape index (κ1) is 22.0. The van der Waals surface area contributed by atoms with Gasteiger partial charge in [-0.15, -0.1) is 0 Å². The van der Waals surface area contributed by atoms with Gasteiger partial charge >= 0.3 is 0 Å². The van der Waals surface area contributed by atoms with Crippen molar-refractivity contribution < 1.29 is 4.39 Å². The Balaban J connectivity index is 1.70. The maximum atomic E-state index is 14.5. The summed E-state index contributed by atoms with van der Waals surface area (Å²) in [6, 6.07) is 9.38. The fourth-order valence-corrected chi connectivity index (χ4v) is 4.58. The molecule has 0 N–H and O–H groups in total. The number of imidazole rings is 1. The second kappa shape index (κ2) is 8.84. The molecule has 3 aromatic heterocycles. The zero-order valence-electron chi connectivity index (χ0n) is 19.5. The minimum absolute atomic E-state index is 0.347. The Hall–Kier alpha value is -3.83. The third-order valence-electron chi connectivity index (χ3n) is 6.59. The van der Waals surface area contributed by atoms with Gasteiger partial charge in [-0.3, -0.25) is 9.38 Å². The van der Waals surface area contributed by atoms with Crippen molar-refractivity contribution in [2.75, 3.05) is 32.1 Å². The van der Waals surface area contributed by atoms with Crippen molar-refractivity contribution in [3.05, 3.63) is 71.9 Å². The second-order valence-corrected chi connectivity index (χ2v) is 8.89. The van der Waals surface area contributed by atoms with Crippen LogP contribution in [0.25, 0.3) is 32.9 Å². The van der Waals surface area contributed by atoms with E-state index in [1.807, 2.05) is 22.7 Å². The standard InChI is InChI=1S/C26H26FN7/c1-17-22(27)15-19(16-30-17)23-24(18-5-7-20(28-2)8-6-18)31-26(34-14-11-29-25(23)34)33-12-9-21(10-13-33)32(3)4/h5-8,11,14-16,21H,9-10,12-13H2,1,3-4H3. The zero-order valence-corrected chi connectivity index (χ0v) is 19.5. The summed E-state index contributed by atoms with van der Waals surface area (Å²) < 4.78 is 16.5. The van der Waals surface area contributed by atoms with Gasteiger partial charge in [0.15, 0.2) is 5.69 Å². The van der Waals surface area contributed by atoms with Crippen LogP contribution in [0.5, 0.6) is 0 Å². The monoisotopic (exact) mass is 455 g/mol. The van der Waals surface area contributed by atoms with E-state index in [9.17, 15) is 4.39 Å². The Morgan fingerprint density at radius 3 is 2.47 bits per heavy atom. The molecule has 4 aromatic rings. The predicted octanol–water partition coefficient (Wildman–Crippen LogP) is 4.99. The molecule has 0 saturated carbocycles. The minimum atomic E-state index is -0.369. The Morgan fingerprint density at radius 2 is 1.82 bits per heavy atom. The molecule has 0 aliphatic carbocycles. The molecule has 4 heterocycles. The summed E-state index contributed by atoms with van der Waals surface area (Å²) in [5.74, 6) is 0.449. The molecule has 0 amide bonds. The van der Waals surface area contributed by atoms with Crippen LogP contribution in [0.2, 0.25) is 0 Å². The molecule has 0 atom stereocenters. The molecular weight excluding hydrogens is 429 g/mol. The van der Waals surface area contributed by atoms with Gasteiger partial charge in [0.05, 0.1) is 23.5 Å². The lowest BCUT2D eigenvalue weighted by Crippen LogP contribution is -2.43. The number of rotatable bonds is 4.